The van der Waals surface area contributed by atoms with Crippen molar-refractivity contribution in [2.75, 3.05) is 39.4 Å². The van der Waals surface area contributed by atoms with E-state index in [-0.39, 0.29) is 6.10 Å². The number of hydrogen-bond acceptors (Lipinski definition) is 4. The molecule has 1 aliphatic heterocycles. The van der Waals surface area contributed by atoms with Crippen molar-refractivity contribution in [1.29, 1.82) is 0 Å². The molecule has 0 saturated carbocycles. The molecule has 106 valence electrons. The molecule has 0 radical (unpaired) electrons. The SMILES string of the molecule is Cc1cccc(OCCCN2CCOC(CN)C2)c1. The zero-order valence-corrected chi connectivity index (χ0v) is 11.7. The second-order valence-corrected chi connectivity index (χ2v) is 5.05. The minimum atomic E-state index is 0.200. The maximum atomic E-state index is 5.75. The summed E-state index contributed by atoms with van der Waals surface area (Å²) in [7, 11) is 0. The van der Waals surface area contributed by atoms with Crippen molar-refractivity contribution in [3.63, 3.8) is 0 Å². The Labute approximate surface area is 115 Å². The summed E-state index contributed by atoms with van der Waals surface area (Å²) in [6.45, 7) is 7.23. The number of benzene rings is 1. The van der Waals surface area contributed by atoms with Gasteiger partial charge in [0.25, 0.3) is 0 Å². The maximum absolute atomic E-state index is 5.75. The Morgan fingerprint density at radius 1 is 1.47 bits per heavy atom. The van der Waals surface area contributed by atoms with E-state index in [1.165, 1.54) is 5.56 Å². The Hall–Kier alpha value is -1.10. The molecule has 4 nitrogen and oxygen atoms in total. The number of hydrogen-bond donors (Lipinski definition) is 1. The van der Waals surface area contributed by atoms with Crippen LogP contribution >= 0.6 is 0 Å². The average Bonchev–Trinajstić information content (AvgIpc) is 2.44. The summed E-state index contributed by atoms with van der Waals surface area (Å²) in [6.07, 6.45) is 1.23. The summed E-state index contributed by atoms with van der Waals surface area (Å²) >= 11 is 0. The minimum Gasteiger partial charge on any atom is -0.494 e. The van der Waals surface area contributed by atoms with Crippen LogP contribution in [-0.2, 0) is 4.74 Å². The first kappa shape index (κ1) is 14.3. The van der Waals surface area contributed by atoms with E-state index in [9.17, 15) is 0 Å². The molecule has 1 unspecified atom stereocenters. The fourth-order valence-corrected chi connectivity index (χ4v) is 2.31. The molecule has 0 bridgehead atoms. The molecule has 0 aliphatic carbocycles. The first-order valence-electron chi connectivity index (χ1n) is 7.01. The largest absolute Gasteiger partial charge is 0.494 e. The van der Waals surface area contributed by atoms with Gasteiger partial charge >= 0.3 is 0 Å². The summed E-state index contributed by atoms with van der Waals surface area (Å²) < 4.78 is 11.3. The van der Waals surface area contributed by atoms with Crippen LogP contribution in [0, 0.1) is 6.92 Å². The highest BCUT2D eigenvalue weighted by Gasteiger charge is 2.18. The van der Waals surface area contributed by atoms with Crippen molar-refractivity contribution in [1.82, 2.24) is 4.90 Å². The minimum absolute atomic E-state index is 0.200. The molecule has 2 N–H and O–H groups in total. The van der Waals surface area contributed by atoms with Gasteiger partial charge in [-0.25, -0.2) is 0 Å². The van der Waals surface area contributed by atoms with Gasteiger partial charge in [-0.15, -0.1) is 0 Å². The van der Waals surface area contributed by atoms with Gasteiger partial charge in [0, 0.05) is 26.2 Å². The van der Waals surface area contributed by atoms with Gasteiger partial charge in [0.2, 0.25) is 0 Å². The molecule has 1 heterocycles. The van der Waals surface area contributed by atoms with Crippen LogP contribution in [-0.4, -0.2) is 50.4 Å². The first-order valence-corrected chi connectivity index (χ1v) is 7.01. The molecule has 19 heavy (non-hydrogen) atoms. The molecule has 0 spiro atoms. The highest BCUT2D eigenvalue weighted by molar-refractivity contribution is 5.27. The van der Waals surface area contributed by atoms with Gasteiger partial charge in [0.1, 0.15) is 5.75 Å². The molecule has 1 aliphatic rings. The van der Waals surface area contributed by atoms with Crippen LogP contribution in [0.4, 0.5) is 0 Å². The molecule has 2 rings (SSSR count). The molecule has 1 fully saturated rings. The van der Waals surface area contributed by atoms with Crippen LogP contribution in [0.3, 0.4) is 0 Å². The third-order valence-electron chi connectivity index (χ3n) is 3.36. The van der Waals surface area contributed by atoms with Crippen LogP contribution in [0.5, 0.6) is 5.75 Å². The molecule has 1 saturated heterocycles. The zero-order chi connectivity index (χ0) is 13.5. The Kier molecular flexibility index (Phi) is 5.63. The summed E-state index contributed by atoms with van der Waals surface area (Å²) in [6, 6.07) is 8.18. The van der Waals surface area contributed by atoms with E-state index >= 15 is 0 Å². The summed E-state index contributed by atoms with van der Waals surface area (Å²) in [5.41, 5.74) is 6.87. The monoisotopic (exact) mass is 264 g/mol. The third kappa shape index (κ3) is 4.82. The lowest BCUT2D eigenvalue weighted by atomic mass is 10.2. The predicted molar refractivity (Wildman–Crippen MR) is 76.5 cm³/mol. The molecular formula is C15H24N2O2. The third-order valence-corrected chi connectivity index (χ3v) is 3.36. The van der Waals surface area contributed by atoms with E-state index in [1.54, 1.807) is 0 Å². The maximum Gasteiger partial charge on any atom is 0.119 e. The fourth-order valence-electron chi connectivity index (χ4n) is 2.31. The molecule has 4 heteroatoms. The Bertz CT molecular complexity index is 384. The lowest BCUT2D eigenvalue weighted by Gasteiger charge is -2.32. The Morgan fingerprint density at radius 2 is 2.37 bits per heavy atom. The molecular weight excluding hydrogens is 240 g/mol. The van der Waals surface area contributed by atoms with Gasteiger partial charge in [-0.05, 0) is 31.0 Å². The van der Waals surface area contributed by atoms with E-state index in [0.717, 1.165) is 45.0 Å². The number of nitrogens with zero attached hydrogens (tertiary/aromatic N) is 1. The van der Waals surface area contributed by atoms with Crippen LogP contribution in [0.25, 0.3) is 0 Å². The van der Waals surface area contributed by atoms with Crippen molar-refractivity contribution >= 4 is 0 Å². The van der Waals surface area contributed by atoms with Crippen molar-refractivity contribution < 1.29 is 9.47 Å². The van der Waals surface area contributed by atoms with Gasteiger partial charge in [-0.3, -0.25) is 4.90 Å². The lowest BCUT2D eigenvalue weighted by Crippen LogP contribution is -2.46. The first-order chi connectivity index (χ1) is 9.28. The fraction of sp³-hybridized carbons (Fsp3) is 0.600. The second kappa shape index (κ2) is 7.48. The van der Waals surface area contributed by atoms with Gasteiger partial charge in [-0.1, -0.05) is 12.1 Å². The standard InChI is InChI=1S/C15H24N2O2/c1-13-4-2-5-14(10-13)18-8-3-6-17-7-9-19-15(11-16)12-17/h2,4-5,10,15H,3,6-9,11-12,16H2,1H3. The average molecular weight is 264 g/mol. The molecule has 1 aromatic carbocycles. The van der Waals surface area contributed by atoms with Gasteiger partial charge in [0.05, 0.1) is 19.3 Å². The Morgan fingerprint density at radius 3 is 3.16 bits per heavy atom. The number of ether oxygens (including phenoxy) is 2. The van der Waals surface area contributed by atoms with E-state index < -0.39 is 0 Å². The van der Waals surface area contributed by atoms with E-state index in [2.05, 4.69) is 24.0 Å². The normalized spacial score (nSPS) is 20.4. The van der Waals surface area contributed by atoms with Gasteiger partial charge in [-0.2, -0.15) is 0 Å². The number of aryl methyl sites for hydroxylation is 1. The molecule has 0 amide bonds. The highest BCUT2D eigenvalue weighted by atomic mass is 16.5. The predicted octanol–water partition coefficient (Wildman–Crippen LogP) is 1.42. The number of morpholine rings is 1. The lowest BCUT2D eigenvalue weighted by molar-refractivity contribution is -0.0241. The topological polar surface area (TPSA) is 47.7 Å². The van der Waals surface area contributed by atoms with Crippen LogP contribution in [0.1, 0.15) is 12.0 Å². The van der Waals surface area contributed by atoms with Crippen molar-refractivity contribution in [2.24, 2.45) is 5.73 Å². The number of rotatable bonds is 6. The van der Waals surface area contributed by atoms with Crippen molar-refractivity contribution in [3.8, 4) is 5.75 Å². The van der Waals surface area contributed by atoms with Crippen molar-refractivity contribution in [3.05, 3.63) is 29.8 Å². The van der Waals surface area contributed by atoms with E-state index in [4.69, 9.17) is 15.2 Å². The second-order valence-electron chi connectivity index (χ2n) is 5.05. The zero-order valence-electron chi connectivity index (χ0n) is 11.7. The molecule has 1 aromatic rings. The van der Waals surface area contributed by atoms with Crippen molar-refractivity contribution in [2.45, 2.75) is 19.4 Å². The van der Waals surface area contributed by atoms with Crippen LogP contribution in [0.2, 0.25) is 0 Å². The quantitative estimate of drug-likeness (QED) is 0.790. The number of nitrogens with two attached hydrogens (primary N) is 1. The highest BCUT2D eigenvalue weighted by Crippen LogP contribution is 2.12. The van der Waals surface area contributed by atoms with Crippen LogP contribution < -0.4 is 10.5 Å². The smallest absolute Gasteiger partial charge is 0.119 e. The summed E-state index contributed by atoms with van der Waals surface area (Å²) in [5.74, 6) is 0.960. The van der Waals surface area contributed by atoms with Gasteiger partial charge < -0.3 is 15.2 Å². The summed E-state index contributed by atoms with van der Waals surface area (Å²) in [5, 5.41) is 0. The van der Waals surface area contributed by atoms with Crippen LogP contribution in [0.15, 0.2) is 24.3 Å². The Balaban J connectivity index is 1.64. The van der Waals surface area contributed by atoms with Gasteiger partial charge in [0.15, 0.2) is 0 Å². The molecule has 1 atom stereocenters. The molecule has 0 aromatic heterocycles. The van der Waals surface area contributed by atoms with E-state index in [1.807, 2.05) is 12.1 Å². The van der Waals surface area contributed by atoms with E-state index in [0.29, 0.717) is 6.54 Å². The summed E-state index contributed by atoms with van der Waals surface area (Å²) in [4.78, 5) is 2.40.